The van der Waals surface area contributed by atoms with Gasteiger partial charge < -0.3 is 28.8 Å². The second-order valence-electron chi connectivity index (χ2n) is 8.81. The van der Waals surface area contributed by atoms with Crippen molar-refractivity contribution < 1.29 is 28.8 Å². The molecule has 45 heavy (non-hydrogen) atoms. The molecule has 0 aliphatic heterocycles. The molecule has 0 spiro atoms. The van der Waals surface area contributed by atoms with Crippen LogP contribution in [0.25, 0.3) is 21.8 Å². The van der Waals surface area contributed by atoms with E-state index >= 15 is 0 Å². The van der Waals surface area contributed by atoms with E-state index < -0.39 is 0 Å². The quantitative estimate of drug-likeness (QED) is 0.165. The number of halogens is 3. The monoisotopic (exact) mass is 756 g/mol. The van der Waals surface area contributed by atoms with E-state index in [1.54, 1.807) is 77.4 Å². The average molecular weight is 759 g/mol. The number of rotatable bonds is 6. The number of hydrogen-bond acceptors (Lipinski definition) is 10. The Labute approximate surface area is 281 Å². The first-order valence-corrected chi connectivity index (χ1v) is 15.0. The molecule has 0 aliphatic carbocycles. The van der Waals surface area contributed by atoms with Gasteiger partial charge >= 0.3 is 0 Å². The molecule has 6 rings (SSSR count). The van der Waals surface area contributed by atoms with Crippen LogP contribution in [-0.4, -0.2) is 53.5 Å². The summed E-state index contributed by atoms with van der Waals surface area (Å²) >= 11 is 12.5. The standard InChI is InChI=1S/C16H13BrN2O3.C11H10ClNO2.C5H4BrNO/c1-20-14-7-11-12(8-15(14)21-2)18-6-5-13(11)22-10-3-4-16(17)19-9-10;1-14-10-5-7-8(12)3-4-13-9(7)6-11(10)15-2;6-5-2-1-4(8)3-7-5/h3-9H,1-2H3;3-6H,1-2H3;1-3,8H. The summed E-state index contributed by atoms with van der Waals surface area (Å²) in [5.41, 5.74) is 1.56. The Morgan fingerprint density at radius 3 is 1.60 bits per heavy atom. The maximum atomic E-state index is 8.67. The number of pyridine rings is 4. The first-order chi connectivity index (χ1) is 21.8. The Morgan fingerprint density at radius 2 is 1.09 bits per heavy atom. The Balaban J connectivity index is 0.000000172. The van der Waals surface area contributed by atoms with Gasteiger partial charge in [0.15, 0.2) is 23.0 Å². The van der Waals surface area contributed by atoms with E-state index in [0.29, 0.717) is 39.5 Å². The molecule has 13 heteroatoms. The Bertz CT molecular complexity index is 1860. The van der Waals surface area contributed by atoms with Crippen LogP contribution in [0.1, 0.15) is 0 Å². The van der Waals surface area contributed by atoms with Gasteiger partial charge in [0.25, 0.3) is 0 Å². The van der Waals surface area contributed by atoms with Crippen LogP contribution in [0.15, 0.2) is 94.7 Å². The van der Waals surface area contributed by atoms with Gasteiger partial charge in [-0.05, 0) is 80.4 Å². The number of aromatic nitrogens is 4. The van der Waals surface area contributed by atoms with Crippen molar-refractivity contribution in [2.75, 3.05) is 28.4 Å². The molecule has 232 valence electrons. The van der Waals surface area contributed by atoms with Crippen molar-refractivity contribution >= 4 is 65.3 Å². The van der Waals surface area contributed by atoms with E-state index in [1.807, 2.05) is 30.3 Å². The fourth-order valence-electron chi connectivity index (χ4n) is 3.89. The zero-order valence-corrected chi connectivity index (χ0v) is 28.4. The normalized spacial score (nSPS) is 10.2. The van der Waals surface area contributed by atoms with Crippen molar-refractivity contribution in [2.45, 2.75) is 0 Å². The Morgan fingerprint density at radius 1 is 0.578 bits per heavy atom. The second-order valence-corrected chi connectivity index (χ2v) is 10.8. The molecule has 4 aromatic heterocycles. The third-order valence-corrected chi connectivity index (χ3v) is 7.31. The summed E-state index contributed by atoms with van der Waals surface area (Å²) < 4.78 is 28.4. The largest absolute Gasteiger partial charge is 0.506 e. The lowest BCUT2D eigenvalue weighted by molar-refractivity contribution is 0.355. The summed E-state index contributed by atoms with van der Waals surface area (Å²) in [7, 11) is 6.37. The second kappa shape index (κ2) is 16.1. The van der Waals surface area contributed by atoms with Gasteiger partial charge in [-0.15, -0.1) is 0 Å². The van der Waals surface area contributed by atoms with Gasteiger partial charge in [0.05, 0.1) is 56.9 Å². The summed E-state index contributed by atoms with van der Waals surface area (Å²) in [6.07, 6.45) is 6.38. The van der Waals surface area contributed by atoms with Crippen LogP contribution in [-0.2, 0) is 0 Å². The summed E-state index contributed by atoms with van der Waals surface area (Å²) in [6.45, 7) is 0. The molecule has 2 aromatic carbocycles. The van der Waals surface area contributed by atoms with Crippen molar-refractivity contribution in [1.29, 1.82) is 0 Å². The Kier molecular flexibility index (Phi) is 12.0. The molecule has 0 radical (unpaired) electrons. The fraction of sp³-hybridized carbons (Fsp3) is 0.125. The van der Waals surface area contributed by atoms with Gasteiger partial charge in [-0.2, -0.15) is 0 Å². The first-order valence-electron chi connectivity index (χ1n) is 13.0. The van der Waals surface area contributed by atoms with Crippen LogP contribution in [0, 0.1) is 0 Å². The predicted octanol–water partition coefficient (Wildman–Crippen LogP) is 8.66. The molecule has 0 saturated heterocycles. The molecule has 4 heterocycles. The zero-order valence-electron chi connectivity index (χ0n) is 24.5. The maximum absolute atomic E-state index is 8.67. The molecule has 1 N–H and O–H groups in total. The van der Waals surface area contributed by atoms with Crippen LogP contribution in [0.2, 0.25) is 5.02 Å². The Hall–Kier alpha value is -4.39. The predicted molar refractivity (Wildman–Crippen MR) is 180 cm³/mol. The highest BCUT2D eigenvalue weighted by atomic mass is 79.9. The van der Waals surface area contributed by atoms with Gasteiger partial charge in [0, 0.05) is 35.3 Å². The number of benzene rings is 2. The minimum Gasteiger partial charge on any atom is -0.506 e. The van der Waals surface area contributed by atoms with Gasteiger partial charge in [-0.3, -0.25) is 9.97 Å². The van der Waals surface area contributed by atoms with Crippen LogP contribution in [0.4, 0.5) is 0 Å². The van der Waals surface area contributed by atoms with Gasteiger partial charge in [0.1, 0.15) is 26.5 Å². The van der Waals surface area contributed by atoms with Crippen LogP contribution in [0.3, 0.4) is 0 Å². The smallest absolute Gasteiger partial charge is 0.162 e. The maximum Gasteiger partial charge on any atom is 0.162 e. The molecule has 0 unspecified atom stereocenters. The first kappa shape index (κ1) is 33.5. The van der Waals surface area contributed by atoms with Crippen LogP contribution in [0.5, 0.6) is 40.2 Å². The van der Waals surface area contributed by atoms with Crippen molar-refractivity contribution in [3.05, 3.63) is 99.7 Å². The zero-order chi connectivity index (χ0) is 32.3. The summed E-state index contributed by atoms with van der Waals surface area (Å²) in [5.74, 6) is 4.07. The van der Waals surface area contributed by atoms with E-state index in [2.05, 4.69) is 51.8 Å². The number of aromatic hydroxyl groups is 1. The number of ether oxygens (including phenoxy) is 5. The minimum absolute atomic E-state index is 0.188. The van der Waals surface area contributed by atoms with Crippen molar-refractivity contribution in [2.24, 2.45) is 0 Å². The molecule has 10 nitrogen and oxygen atoms in total. The van der Waals surface area contributed by atoms with E-state index in [0.717, 1.165) is 31.0 Å². The van der Waals surface area contributed by atoms with Gasteiger partial charge in [-0.1, -0.05) is 11.6 Å². The highest BCUT2D eigenvalue weighted by Gasteiger charge is 2.12. The third kappa shape index (κ3) is 8.84. The SMILES string of the molecule is COc1cc2nccc(Cl)c2cc1OC.COc1cc2nccc(Oc3ccc(Br)nc3)c2cc1OC.Oc1ccc(Br)nc1. The number of methoxy groups -OCH3 is 4. The lowest BCUT2D eigenvalue weighted by Gasteiger charge is -2.12. The summed E-state index contributed by atoms with van der Waals surface area (Å²) in [4.78, 5) is 16.4. The lowest BCUT2D eigenvalue weighted by atomic mass is 10.2. The highest BCUT2D eigenvalue weighted by Crippen LogP contribution is 2.37. The van der Waals surface area contributed by atoms with Crippen LogP contribution < -0.4 is 23.7 Å². The third-order valence-electron chi connectivity index (χ3n) is 6.04. The van der Waals surface area contributed by atoms with Crippen molar-refractivity contribution in [1.82, 2.24) is 19.9 Å². The molecule has 0 atom stereocenters. The number of nitrogens with zero attached hydrogens (tertiary/aromatic N) is 4. The minimum atomic E-state index is 0.188. The molecule has 0 amide bonds. The highest BCUT2D eigenvalue weighted by molar-refractivity contribution is 9.10. The molecule has 6 aromatic rings. The van der Waals surface area contributed by atoms with Crippen LogP contribution >= 0.6 is 43.5 Å². The topological polar surface area (TPSA) is 118 Å². The summed E-state index contributed by atoms with van der Waals surface area (Å²) in [5, 5.41) is 11.0. The van der Waals surface area contributed by atoms with Gasteiger partial charge in [0.2, 0.25) is 0 Å². The van der Waals surface area contributed by atoms with Crippen molar-refractivity contribution in [3.63, 3.8) is 0 Å². The molecule has 0 aliphatic rings. The van der Waals surface area contributed by atoms with Crippen molar-refractivity contribution in [3.8, 4) is 40.2 Å². The van der Waals surface area contributed by atoms with Gasteiger partial charge in [-0.25, -0.2) is 9.97 Å². The van der Waals surface area contributed by atoms with E-state index in [1.165, 1.54) is 6.20 Å². The van der Waals surface area contributed by atoms with E-state index in [4.69, 9.17) is 40.4 Å². The van der Waals surface area contributed by atoms with E-state index in [-0.39, 0.29) is 5.75 Å². The molecule has 0 bridgehead atoms. The molecular weight excluding hydrogens is 732 g/mol. The fourth-order valence-corrected chi connectivity index (χ4v) is 4.57. The average Bonchev–Trinajstić information content (AvgIpc) is 3.06. The molecule has 0 fully saturated rings. The van der Waals surface area contributed by atoms with E-state index in [9.17, 15) is 0 Å². The lowest BCUT2D eigenvalue weighted by Crippen LogP contribution is -1.93. The number of fused-ring (bicyclic) bond motifs is 2. The number of hydrogen-bond donors (Lipinski definition) is 1. The molecular formula is C32H27Br2ClN4O6. The summed E-state index contributed by atoms with van der Waals surface area (Å²) in [6, 6.07) is 17.7. The molecule has 0 saturated carbocycles.